The predicted molar refractivity (Wildman–Crippen MR) is 71.7 cm³/mol. The molecule has 0 spiro atoms. The molecule has 3 N–H and O–H groups in total. The lowest BCUT2D eigenvalue weighted by atomic mass is 9.93. The summed E-state index contributed by atoms with van der Waals surface area (Å²) >= 11 is 0. The van der Waals surface area contributed by atoms with Crippen LogP contribution in [0.4, 0.5) is 0 Å². The van der Waals surface area contributed by atoms with Crippen LogP contribution in [0.25, 0.3) is 0 Å². The van der Waals surface area contributed by atoms with E-state index in [1.54, 1.807) is 0 Å². The summed E-state index contributed by atoms with van der Waals surface area (Å²) in [7, 11) is 4.15. The van der Waals surface area contributed by atoms with Crippen LogP contribution in [0.15, 0.2) is 4.99 Å². The third-order valence-electron chi connectivity index (χ3n) is 2.11. The third kappa shape index (κ3) is 8.53. The minimum atomic E-state index is 0.160. The Kier molecular flexibility index (Phi) is 6.41. The number of nitrogens with two attached hydrogens (primary N) is 1. The van der Waals surface area contributed by atoms with E-state index in [2.05, 4.69) is 57.0 Å². The first-order valence-corrected chi connectivity index (χ1v) is 5.91. The van der Waals surface area contributed by atoms with Crippen molar-refractivity contribution in [1.29, 1.82) is 0 Å². The third-order valence-corrected chi connectivity index (χ3v) is 2.11. The van der Waals surface area contributed by atoms with Gasteiger partial charge in [-0.1, -0.05) is 27.7 Å². The van der Waals surface area contributed by atoms with Crippen LogP contribution in [0.3, 0.4) is 0 Å². The zero-order chi connectivity index (χ0) is 12.8. The summed E-state index contributed by atoms with van der Waals surface area (Å²) in [6.45, 7) is 11.3. The van der Waals surface area contributed by atoms with Gasteiger partial charge in [0.2, 0.25) is 0 Å². The van der Waals surface area contributed by atoms with Crippen molar-refractivity contribution in [3.05, 3.63) is 0 Å². The second kappa shape index (κ2) is 6.74. The van der Waals surface area contributed by atoms with Gasteiger partial charge in [0.05, 0.1) is 0 Å². The molecule has 0 heterocycles. The fourth-order valence-electron chi connectivity index (χ4n) is 1.57. The molecule has 4 nitrogen and oxygen atoms in total. The molecular formula is C12H28N4. The Morgan fingerprint density at radius 1 is 1.38 bits per heavy atom. The van der Waals surface area contributed by atoms with E-state index in [4.69, 9.17) is 5.73 Å². The fraction of sp³-hybridized carbons (Fsp3) is 0.917. The summed E-state index contributed by atoms with van der Waals surface area (Å²) in [5.41, 5.74) is 5.95. The Morgan fingerprint density at radius 3 is 2.38 bits per heavy atom. The molecule has 4 heteroatoms. The Balaban J connectivity index is 4.03. The second-order valence-corrected chi connectivity index (χ2v) is 5.88. The molecule has 0 aromatic carbocycles. The maximum absolute atomic E-state index is 5.79. The maximum atomic E-state index is 5.79. The molecule has 0 bridgehead atoms. The van der Waals surface area contributed by atoms with Crippen LogP contribution in [0.5, 0.6) is 0 Å². The molecule has 0 radical (unpaired) electrons. The Labute approximate surface area is 100 Å². The van der Waals surface area contributed by atoms with Crippen molar-refractivity contribution in [2.24, 2.45) is 22.1 Å². The fourth-order valence-corrected chi connectivity index (χ4v) is 1.57. The number of hydrogen-bond acceptors (Lipinski definition) is 2. The zero-order valence-corrected chi connectivity index (χ0v) is 11.7. The zero-order valence-electron chi connectivity index (χ0n) is 11.7. The van der Waals surface area contributed by atoms with Crippen LogP contribution < -0.4 is 11.1 Å². The first-order valence-electron chi connectivity index (χ1n) is 5.91. The highest BCUT2D eigenvalue weighted by Crippen LogP contribution is 2.15. The second-order valence-electron chi connectivity index (χ2n) is 5.88. The average molecular weight is 228 g/mol. The van der Waals surface area contributed by atoms with Gasteiger partial charge in [-0.3, -0.25) is 4.99 Å². The number of guanidine groups is 1. The van der Waals surface area contributed by atoms with Gasteiger partial charge in [0.15, 0.2) is 5.96 Å². The van der Waals surface area contributed by atoms with E-state index in [1.165, 1.54) is 0 Å². The molecule has 0 saturated heterocycles. The smallest absolute Gasteiger partial charge is 0.188 e. The lowest BCUT2D eigenvalue weighted by Gasteiger charge is -2.26. The molecule has 0 atom stereocenters. The number of nitrogens with one attached hydrogen (secondary N) is 1. The van der Waals surface area contributed by atoms with Crippen molar-refractivity contribution in [2.45, 2.75) is 27.7 Å². The van der Waals surface area contributed by atoms with Crippen molar-refractivity contribution < 1.29 is 0 Å². The molecule has 0 rings (SSSR count). The normalized spacial score (nSPS) is 13.6. The summed E-state index contributed by atoms with van der Waals surface area (Å²) in [5, 5.41) is 3.12. The van der Waals surface area contributed by atoms with Gasteiger partial charge in [-0.2, -0.15) is 0 Å². The van der Waals surface area contributed by atoms with E-state index in [1.807, 2.05) is 0 Å². The predicted octanol–water partition coefficient (Wildman–Crippen LogP) is 1.13. The summed E-state index contributed by atoms with van der Waals surface area (Å²) in [6.07, 6.45) is 0. The first kappa shape index (κ1) is 15.2. The maximum Gasteiger partial charge on any atom is 0.188 e. The van der Waals surface area contributed by atoms with Gasteiger partial charge >= 0.3 is 0 Å². The van der Waals surface area contributed by atoms with Gasteiger partial charge in [0.1, 0.15) is 0 Å². The SMILES string of the molecule is CC(C)CNC(N)=NCC(C)(C)CN(C)C. The van der Waals surface area contributed by atoms with E-state index in [9.17, 15) is 0 Å². The van der Waals surface area contributed by atoms with Crippen LogP contribution in [0.2, 0.25) is 0 Å². The number of rotatable bonds is 6. The Bertz CT molecular complexity index is 219. The van der Waals surface area contributed by atoms with Gasteiger partial charge in [0.25, 0.3) is 0 Å². The van der Waals surface area contributed by atoms with Crippen molar-refractivity contribution in [2.75, 3.05) is 33.7 Å². The van der Waals surface area contributed by atoms with Crippen LogP contribution in [-0.4, -0.2) is 44.6 Å². The van der Waals surface area contributed by atoms with Gasteiger partial charge in [0, 0.05) is 19.6 Å². The topological polar surface area (TPSA) is 53.6 Å². The number of hydrogen-bond donors (Lipinski definition) is 2. The minimum absolute atomic E-state index is 0.160. The van der Waals surface area contributed by atoms with Crippen LogP contribution in [0, 0.1) is 11.3 Å². The first-order chi connectivity index (χ1) is 7.23. The highest BCUT2D eigenvalue weighted by atomic mass is 15.1. The summed E-state index contributed by atoms with van der Waals surface area (Å²) in [6, 6.07) is 0. The molecule has 0 aliphatic rings. The Hall–Kier alpha value is -0.770. The molecule has 0 amide bonds. The van der Waals surface area contributed by atoms with Crippen molar-refractivity contribution in [3.63, 3.8) is 0 Å². The molecule has 16 heavy (non-hydrogen) atoms. The number of nitrogens with zero attached hydrogens (tertiary/aromatic N) is 2. The van der Waals surface area contributed by atoms with Crippen LogP contribution in [-0.2, 0) is 0 Å². The van der Waals surface area contributed by atoms with Gasteiger partial charge in [-0.15, -0.1) is 0 Å². The van der Waals surface area contributed by atoms with E-state index in [-0.39, 0.29) is 5.41 Å². The summed E-state index contributed by atoms with van der Waals surface area (Å²) in [5.74, 6) is 1.14. The molecule has 0 fully saturated rings. The standard InChI is InChI=1S/C12H28N4/c1-10(2)7-14-11(13)15-8-12(3,4)9-16(5)6/h10H,7-9H2,1-6H3,(H3,13,14,15). The molecule has 0 aromatic heterocycles. The average Bonchev–Trinajstić information content (AvgIpc) is 2.09. The Morgan fingerprint density at radius 2 is 1.94 bits per heavy atom. The highest BCUT2D eigenvalue weighted by Gasteiger charge is 2.18. The molecule has 0 aromatic rings. The van der Waals surface area contributed by atoms with Gasteiger partial charge in [-0.05, 0) is 25.4 Å². The minimum Gasteiger partial charge on any atom is -0.370 e. The molecule has 0 saturated carbocycles. The van der Waals surface area contributed by atoms with E-state index >= 15 is 0 Å². The van der Waals surface area contributed by atoms with Crippen molar-refractivity contribution in [1.82, 2.24) is 10.2 Å². The van der Waals surface area contributed by atoms with E-state index in [0.29, 0.717) is 11.9 Å². The molecule has 0 aliphatic heterocycles. The lowest BCUT2D eigenvalue weighted by molar-refractivity contribution is 0.249. The monoisotopic (exact) mass is 228 g/mol. The lowest BCUT2D eigenvalue weighted by Crippen LogP contribution is -2.37. The van der Waals surface area contributed by atoms with Crippen molar-refractivity contribution >= 4 is 5.96 Å². The van der Waals surface area contributed by atoms with Gasteiger partial charge in [-0.25, -0.2) is 0 Å². The van der Waals surface area contributed by atoms with E-state index < -0.39 is 0 Å². The quantitative estimate of drug-likeness (QED) is 0.529. The summed E-state index contributed by atoms with van der Waals surface area (Å²) in [4.78, 5) is 6.55. The van der Waals surface area contributed by atoms with Crippen molar-refractivity contribution in [3.8, 4) is 0 Å². The molecule has 96 valence electrons. The van der Waals surface area contributed by atoms with Crippen LogP contribution >= 0.6 is 0 Å². The molecule has 0 aliphatic carbocycles. The largest absolute Gasteiger partial charge is 0.370 e. The summed E-state index contributed by atoms with van der Waals surface area (Å²) < 4.78 is 0. The number of aliphatic imine (C=N–C) groups is 1. The molecular weight excluding hydrogens is 200 g/mol. The molecule has 0 unspecified atom stereocenters. The van der Waals surface area contributed by atoms with E-state index in [0.717, 1.165) is 19.6 Å². The highest BCUT2D eigenvalue weighted by molar-refractivity contribution is 5.77. The van der Waals surface area contributed by atoms with Gasteiger partial charge < -0.3 is 16.0 Å². The van der Waals surface area contributed by atoms with Crippen LogP contribution in [0.1, 0.15) is 27.7 Å².